The van der Waals surface area contributed by atoms with Crippen LogP contribution in [-0.2, 0) is 27.7 Å². The Balaban J connectivity index is 1.23. The van der Waals surface area contributed by atoms with Crippen molar-refractivity contribution in [3.63, 3.8) is 0 Å². The number of sulfonamides is 1. The molecular formula is C32H35N3O4S. The van der Waals surface area contributed by atoms with Crippen LogP contribution in [0.15, 0.2) is 72.8 Å². The van der Waals surface area contributed by atoms with Gasteiger partial charge in [-0.15, -0.1) is 0 Å². The molecule has 0 bridgehead atoms. The Morgan fingerprint density at radius 2 is 1.73 bits per heavy atom. The minimum Gasteiger partial charge on any atom is -0.377 e. The second kappa shape index (κ2) is 10.1. The van der Waals surface area contributed by atoms with Crippen LogP contribution in [-0.4, -0.2) is 32.0 Å². The summed E-state index contributed by atoms with van der Waals surface area (Å²) in [5.74, 6) is -0.519. The number of nitrogens with one attached hydrogen (secondary N) is 3. The van der Waals surface area contributed by atoms with Gasteiger partial charge in [0.2, 0.25) is 15.9 Å². The van der Waals surface area contributed by atoms with Crippen LogP contribution in [0.25, 0.3) is 0 Å². The quantitative estimate of drug-likeness (QED) is 0.390. The average molecular weight is 558 g/mol. The number of fused-ring (bicyclic) bond motifs is 1. The van der Waals surface area contributed by atoms with Crippen LogP contribution < -0.4 is 15.4 Å². The summed E-state index contributed by atoms with van der Waals surface area (Å²) in [5, 5.41) is 6.31. The molecule has 3 atom stereocenters. The average Bonchev–Trinajstić information content (AvgIpc) is 3.72. The molecule has 2 fully saturated rings. The van der Waals surface area contributed by atoms with Crippen LogP contribution >= 0.6 is 0 Å². The Bertz CT molecular complexity index is 1560. The number of amides is 2. The normalized spacial score (nSPS) is 23.6. The topological polar surface area (TPSA) is 104 Å². The maximum Gasteiger partial charge on any atom is 0.264 e. The third kappa shape index (κ3) is 5.24. The van der Waals surface area contributed by atoms with Crippen molar-refractivity contribution < 1.29 is 18.0 Å². The SMILES string of the molecule is CC1(C)Cc2cc(C(=O)NS(=O)(=O)C3CC3)ccc2NC1c1cccc([C@H]2C(=O)NCC2Cc2ccccc2)c1. The maximum atomic E-state index is 13.0. The van der Waals surface area contributed by atoms with Crippen LogP contribution in [0, 0.1) is 11.3 Å². The first-order valence-electron chi connectivity index (χ1n) is 14.0. The van der Waals surface area contributed by atoms with E-state index in [9.17, 15) is 18.0 Å². The van der Waals surface area contributed by atoms with Crippen LogP contribution in [0.2, 0.25) is 0 Å². The van der Waals surface area contributed by atoms with Gasteiger partial charge in [-0.1, -0.05) is 68.4 Å². The van der Waals surface area contributed by atoms with Gasteiger partial charge in [-0.25, -0.2) is 13.1 Å². The summed E-state index contributed by atoms with van der Waals surface area (Å²) in [5.41, 5.74) is 5.42. The first kappa shape index (κ1) is 26.6. The monoisotopic (exact) mass is 557 g/mol. The van der Waals surface area contributed by atoms with Gasteiger partial charge in [0.1, 0.15) is 0 Å². The van der Waals surface area contributed by atoms with Crippen molar-refractivity contribution in [3.05, 3.63) is 101 Å². The van der Waals surface area contributed by atoms with Gasteiger partial charge >= 0.3 is 0 Å². The van der Waals surface area contributed by atoms with Crippen molar-refractivity contribution in [2.75, 3.05) is 11.9 Å². The molecule has 3 aromatic carbocycles. The molecule has 2 amide bonds. The molecule has 1 saturated carbocycles. The number of hydrogen-bond acceptors (Lipinski definition) is 5. The molecule has 0 spiro atoms. The molecule has 7 nitrogen and oxygen atoms in total. The zero-order chi connectivity index (χ0) is 28.1. The summed E-state index contributed by atoms with van der Waals surface area (Å²) < 4.78 is 26.7. The summed E-state index contributed by atoms with van der Waals surface area (Å²) in [6.07, 6.45) is 2.76. The van der Waals surface area contributed by atoms with Gasteiger partial charge in [-0.05, 0) is 77.5 Å². The minimum absolute atomic E-state index is 0.00749. The standard InChI is InChI=1S/C32H35N3O4S/c1-32(2)18-24-17-23(30(36)35-40(38,39)26-12-13-26)11-14-27(24)34-29(32)22-10-6-9-21(16-22)28-25(19-33-31(28)37)15-20-7-4-3-5-8-20/h3-11,14,16-17,25-26,28-29,34H,12-13,15,18-19H2,1-2H3,(H,33,37)(H,35,36)/t25?,28-,29?/m1/s1. The summed E-state index contributed by atoms with van der Waals surface area (Å²) in [6, 6.07) is 24.0. The Kier molecular flexibility index (Phi) is 6.69. The summed E-state index contributed by atoms with van der Waals surface area (Å²) in [7, 11) is -3.60. The Labute approximate surface area is 235 Å². The van der Waals surface area contributed by atoms with Crippen LogP contribution in [0.3, 0.4) is 0 Å². The van der Waals surface area contributed by atoms with E-state index in [1.807, 2.05) is 30.3 Å². The highest BCUT2D eigenvalue weighted by Crippen LogP contribution is 2.46. The van der Waals surface area contributed by atoms with E-state index in [0.29, 0.717) is 31.4 Å². The number of hydrogen-bond donors (Lipinski definition) is 3. The fourth-order valence-corrected chi connectivity index (χ4v) is 7.59. The van der Waals surface area contributed by atoms with Gasteiger partial charge in [0.05, 0.1) is 17.2 Å². The second-order valence-electron chi connectivity index (χ2n) is 12.1. The third-order valence-corrected chi connectivity index (χ3v) is 10.3. The van der Waals surface area contributed by atoms with Crippen molar-refractivity contribution in [1.82, 2.24) is 10.0 Å². The summed E-state index contributed by atoms with van der Waals surface area (Å²) in [4.78, 5) is 25.7. The summed E-state index contributed by atoms with van der Waals surface area (Å²) >= 11 is 0. The lowest BCUT2D eigenvalue weighted by molar-refractivity contribution is -0.120. The number of carbonyl (C=O) groups is 2. The molecule has 40 heavy (non-hydrogen) atoms. The van der Waals surface area contributed by atoms with E-state index in [2.05, 4.69) is 59.5 Å². The van der Waals surface area contributed by atoms with Gasteiger partial charge in [0.25, 0.3) is 5.91 Å². The Hall–Kier alpha value is -3.65. The molecule has 3 N–H and O–H groups in total. The zero-order valence-corrected chi connectivity index (χ0v) is 23.6. The first-order chi connectivity index (χ1) is 19.1. The summed E-state index contributed by atoms with van der Waals surface area (Å²) in [6.45, 7) is 5.04. The van der Waals surface area contributed by atoms with Crippen molar-refractivity contribution in [2.45, 2.75) is 56.7 Å². The molecule has 6 rings (SSSR count). The molecule has 208 valence electrons. The molecule has 8 heteroatoms. The maximum absolute atomic E-state index is 13.0. The molecule has 3 aromatic rings. The molecule has 1 aliphatic carbocycles. The molecule has 1 saturated heterocycles. The number of carbonyl (C=O) groups excluding carboxylic acids is 2. The van der Waals surface area contributed by atoms with Gasteiger partial charge in [-0.2, -0.15) is 0 Å². The molecule has 0 radical (unpaired) electrons. The smallest absolute Gasteiger partial charge is 0.264 e. The lowest BCUT2D eigenvalue weighted by Crippen LogP contribution is -2.36. The van der Waals surface area contributed by atoms with E-state index in [1.165, 1.54) is 5.56 Å². The van der Waals surface area contributed by atoms with Crippen LogP contribution in [0.4, 0.5) is 5.69 Å². The highest BCUT2D eigenvalue weighted by molar-refractivity contribution is 7.91. The predicted octanol–water partition coefficient (Wildman–Crippen LogP) is 4.72. The van der Waals surface area contributed by atoms with Crippen molar-refractivity contribution in [1.29, 1.82) is 0 Å². The fourth-order valence-electron chi connectivity index (χ4n) is 6.29. The minimum atomic E-state index is -3.60. The second-order valence-corrected chi connectivity index (χ2v) is 14.1. The van der Waals surface area contributed by atoms with Crippen molar-refractivity contribution >= 4 is 27.5 Å². The molecule has 2 aliphatic heterocycles. The number of anilines is 1. The van der Waals surface area contributed by atoms with Gasteiger partial charge < -0.3 is 10.6 Å². The van der Waals surface area contributed by atoms with E-state index in [4.69, 9.17) is 0 Å². The highest BCUT2D eigenvalue weighted by Gasteiger charge is 2.40. The third-order valence-electron chi connectivity index (χ3n) is 8.53. The number of benzene rings is 3. The van der Waals surface area contributed by atoms with Crippen LogP contribution in [0.1, 0.15) is 71.3 Å². The molecule has 0 aromatic heterocycles. The molecule has 3 aliphatic rings. The molecular weight excluding hydrogens is 522 g/mol. The van der Waals surface area contributed by atoms with E-state index >= 15 is 0 Å². The largest absolute Gasteiger partial charge is 0.377 e. The Morgan fingerprint density at radius 1 is 0.975 bits per heavy atom. The molecule has 2 unspecified atom stereocenters. The lowest BCUT2D eigenvalue weighted by atomic mass is 9.72. The van der Waals surface area contributed by atoms with Crippen molar-refractivity contribution in [2.24, 2.45) is 11.3 Å². The molecule has 2 heterocycles. The zero-order valence-electron chi connectivity index (χ0n) is 22.8. The van der Waals surface area contributed by atoms with Gasteiger partial charge in [-0.3, -0.25) is 9.59 Å². The number of rotatable bonds is 7. The van der Waals surface area contributed by atoms with E-state index < -0.39 is 21.2 Å². The van der Waals surface area contributed by atoms with Gasteiger partial charge in [0, 0.05) is 17.8 Å². The van der Waals surface area contributed by atoms with Gasteiger partial charge in [0.15, 0.2) is 0 Å². The predicted molar refractivity (Wildman–Crippen MR) is 156 cm³/mol. The van der Waals surface area contributed by atoms with Crippen LogP contribution in [0.5, 0.6) is 0 Å². The lowest BCUT2D eigenvalue weighted by Gasteiger charge is -2.41. The van der Waals surface area contributed by atoms with E-state index in [-0.39, 0.29) is 29.2 Å². The highest BCUT2D eigenvalue weighted by atomic mass is 32.2. The Morgan fingerprint density at radius 3 is 2.48 bits per heavy atom. The van der Waals surface area contributed by atoms with E-state index in [0.717, 1.165) is 28.8 Å². The van der Waals surface area contributed by atoms with E-state index in [1.54, 1.807) is 12.1 Å². The fraction of sp³-hybridized carbons (Fsp3) is 0.375. The first-order valence-corrected chi connectivity index (χ1v) is 15.5. The van der Waals surface area contributed by atoms with Crippen molar-refractivity contribution in [3.8, 4) is 0 Å².